The van der Waals surface area contributed by atoms with E-state index in [9.17, 15) is 14.4 Å². The first-order valence-electron chi connectivity index (χ1n) is 6.22. The molecule has 2 rings (SSSR count). The second-order valence-corrected chi connectivity index (χ2v) is 4.49. The number of hydrogen-bond donors (Lipinski definition) is 1. The fraction of sp³-hybridized carbons (Fsp3) is 0.583. The van der Waals surface area contributed by atoms with E-state index in [1.54, 1.807) is 7.05 Å². The van der Waals surface area contributed by atoms with Crippen molar-refractivity contribution in [3.05, 3.63) is 26.5 Å². The van der Waals surface area contributed by atoms with Gasteiger partial charge < -0.3 is 10.1 Å². The van der Waals surface area contributed by atoms with Gasteiger partial charge in [-0.05, 0) is 6.42 Å². The Morgan fingerprint density at radius 1 is 1.42 bits per heavy atom. The zero-order chi connectivity index (χ0) is 14.0. The molecule has 1 aliphatic heterocycles. The van der Waals surface area contributed by atoms with Gasteiger partial charge in [-0.15, -0.1) is 0 Å². The van der Waals surface area contributed by atoms with Gasteiger partial charge in [0.1, 0.15) is 5.69 Å². The van der Waals surface area contributed by atoms with E-state index in [2.05, 4.69) is 5.32 Å². The highest BCUT2D eigenvalue weighted by Crippen LogP contribution is 2.14. The second-order valence-electron chi connectivity index (χ2n) is 4.49. The average molecular weight is 267 g/mol. The molecule has 19 heavy (non-hydrogen) atoms. The Labute approximate surface area is 109 Å². The highest BCUT2D eigenvalue weighted by atomic mass is 16.5. The third-order valence-corrected chi connectivity index (χ3v) is 3.17. The zero-order valence-electron chi connectivity index (χ0n) is 11.1. The summed E-state index contributed by atoms with van der Waals surface area (Å²) < 4.78 is 7.47. The summed E-state index contributed by atoms with van der Waals surface area (Å²) in [7, 11) is 1.66. The fourth-order valence-corrected chi connectivity index (χ4v) is 2.22. The Morgan fingerprint density at radius 3 is 2.84 bits per heavy atom. The van der Waals surface area contributed by atoms with Gasteiger partial charge in [-0.25, -0.2) is 4.79 Å². The Hall–Kier alpha value is -2.05. The standard InChI is InChI=1S/C12H17N3O4/c1-8(16)19-7-3-6-15-11(17)10-9(4-5-13-10)14(2)12(15)18/h13H,3-7H2,1-2H3. The summed E-state index contributed by atoms with van der Waals surface area (Å²) in [5.74, 6) is -0.365. The first-order chi connectivity index (χ1) is 9.02. The SMILES string of the molecule is CC(=O)OCCCn1c(=O)c2c(n(C)c1=O)CCN2. The minimum atomic E-state index is -0.365. The topological polar surface area (TPSA) is 82.3 Å². The molecule has 7 nitrogen and oxygen atoms in total. The summed E-state index contributed by atoms with van der Waals surface area (Å²) >= 11 is 0. The number of carbonyl (C=O) groups is 1. The molecule has 1 aromatic rings. The summed E-state index contributed by atoms with van der Waals surface area (Å²) in [5.41, 5.74) is 0.648. The molecule has 0 saturated carbocycles. The molecule has 0 radical (unpaired) electrons. The molecular formula is C12H17N3O4. The van der Waals surface area contributed by atoms with Crippen LogP contribution in [0, 0.1) is 0 Å². The fourth-order valence-electron chi connectivity index (χ4n) is 2.22. The van der Waals surface area contributed by atoms with Gasteiger partial charge in [0, 0.05) is 33.5 Å². The maximum absolute atomic E-state index is 12.1. The highest BCUT2D eigenvalue weighted by molar-refractivity contribution is 5.65. The van der Waals surface area contributed by atoms with E-state index in [1.165, 1.54) is 16.1 Å². The van der Waals surface area contributed by atoms with Crippen LogP contribution in [0.5, 0.6) is 0 Å². The maximum Gasteiger partial charge on any atom is 0.331 e. The second kappa shape index (κ2) is 5.29. The molecule has 104 valence electrons. The lowest BCUT2D eigenvalue weighted by Gasteiger charge is -2.11. The van der Waals surface area contributed by atoms with Crippen LogP contribution in [0.15, 0.2) is 9.59 Å². The summed E-state index contributed by atoms with van der Waals surface area (Å²) in [6.45, 7) is 2.45. The summed E-state index contributed by atoms with van der Waals surface area (Å²) in [5, 5.41) is 3.01. The number of nitrogens with one attached hydrogen (secondary N) is 1. The molecular weight excluding hydrogens is 250 g/mol. The van der Waals surface area contributed by atoms with Crippen molar-refractivity contribution >= 4 is 11.7 Å². The number of nitrogens with zero attached hydrogens (tertiary/aromatic N) is 2. The predicted octanol–water partition coefficient (Wildman–Crippen LogP) is -0.532. The molecule has 0 spiro atoms. The molecule has 1 aromatic heterocycles. The molecule has 1 N–H and O–H groups in total. The van der Waals surface area contributed by atoms with Gasteiger partial charge in [0.25, 0.3) is 5.56 Å². The highest BCUT2D eigenvalue weighted by Gasteiger charge is 2.20. The minimum Gasteiger partial charge on any atom is -0.466 e. The van der Waals surface area contributed by atoms with E-state index >= 15 is 0 Å². The molecule has 0 aromatic carbocycles. The van der Waals surface area contributed by atoms with E-state index in [4.69, 9.17) is 4.74 Å². The summed E-state index contributed by atoms with van der Waals surface area (Å²) in [6, 6.07) is 0. The van der Waals surface area contributed by atoms with Gasteiger partial charge >= 0.3 is 11.7 Å². The predicted molar refractivity (Wildman–Crippen MR) is 69.4 cm³/mol. The van der Waals surface area contributed by atoms with E-state index in [1.807, 2.05) is 0 Å². The number of fused-ring (bicyclic) bond motifs is 1. The molecule has 7 heteroatoms. The van der Waals surface area contributed by atoms with Crippen molar-refractivity contribution in [1.82, 2.24) is 9.13 Å². The summed E-state index contributed by atoms with van der Waals surface area (Å²) in [4.78, 5) is 34.8. The maximum atomic E-state index is 12.1. The number of rotatable bonds is 4. The largest absolute Gasteiger partial charge is 0.466 e. The lowest BCUT2D eigenvalue weighted by atomic mass is 10.3. The number of hydrogen-bond acceptors (Lipinski definition) is 5. The van der Waals surface area contributed by atoms with Crippen molar-refractivity contribution in [2.45, 2.75) is 26.3 Å². The molecule has 0 fully saturated rings. The molecule has 0 aliphatic carbocycles. The molecule has 0 unspecified atom stereocenters. The lowest BCUT2D eigenvalue weighted by Crippen LogP contribution is -2.40. The van der Waals surface area contributed by atoms with E-state index < -0.39 is 0 Å². The number of anilines is 1. The van der Waals surface area contributed by atoms with E-state index in [0.29, 0.717) is 25.1 Å². The van der Waals surface area contributed by atoms with Gasteiger partial charge in [-0.3, -0.25) is 18.7 Å². The van der Waals surface area contributed by atoms with Gasteiger partial charge in [0.15, 0.2) is 0 Å². The van der Waals surface area contributed by atoms with E-state index in [-0.39, 0.29) is 30.4 Å². The number of carbonyl (C=O) groups excluding carboxylic acids is 1. The van der Waals surface area contributed by atoms with Crippen molar-refractivity contribution in [1.29, 1.82) is 0 Å². The van der Waals surface area contributed by atoms with Crippen LogP contribution in [0.3, 0.4) is 0 Å². The quantitative estimate of drug-likeness (QED) is 0.585. The van der Waals surface area contributed by atoms with Crippen molar-refractivity contribution in [2.75, 3.05) is 18.5 Å². The monoisotopic (exact) mass is 267 g/mol. The van der Waals surface area contributed by atoms with E-state index in [0.717, 1.165) is 5.69 Å². The van der Waals surface area contributed by atoms with Gasteiger partial charge in [0.2, 0.25) is 0 Å². The van der Waals surface area contributed by atoms with Crippen molar-refractivity contribution in [2.24, 2.45) is 7.05 Å². The molecule has 0 bridgehead atoms. The van der Waals surface area contributed by atoms with Crippen LogP contribution in [-0.2, 0) is 29.5 Å². The van der Waals surface area contributed by atoms with Crippen molar-refractivity contribution in [3.63, 3.8) is 0 Å². The van der Waals surface area contributed by atoms with Gasteiger partial charge in [-0.1, -0.05) is 0 Å². The third kappa shape index (κ3) is 2.54. The Kier molecular flexibility index (Phi) is 3.73. The molecule has 2 heterocycles. The minimum absolute atomic E-state index is 0.204. The van der Waals surface area contributed by atoms with Crippen LogP contribution in [0.25, 0.3) is 0 Å². The number of ether oxygens (including phenoxy) is 1. The molecule has 0 atom stereocenters. The average Bonchev–Trinajstić information content (AvgIpc) is 2.84. The van der Waals surface area contributed by atoms with Crippen LogP contribution >= 0.6 is 0 Å². The number of aromatic nitrogens is 2. The van der Waals surface area contributed by atoms with Crippen LogP contribution in [0.1, 0.15) is 19.0 Å². The normalized spacial score (nSPS) is 12.9. The first-order valence-corrected chi connectivity index (χ1v) is 6.22. The van der Waals surface area contributed by atoms with Crippen LogP contribution < -0.4 is 16.6 Å². The van der Waals surface area contributed by atoms with Crippen molar-refractivity contribution < 1.29 is 9.53 Å². The smallest absolute Gasteiger partial charge is 0.331 e. The van der Waals surface area contributed by atoms with Crippen LogP contribution in [0.4, 0.5) is 5.69 Å². The lowest BCUT2D eigenvalue weighted by molar-refractivity contribution is -0.141. The molecule has 1 aliphatic rings. The Morgan fingerprint density at radius 2 is 2.16 bits per heavy atom. The third-order valence-electron chi connectivity index (χ3n) is 3.17. The molecule has 0 amide bonds. The summed E-state index contributed by atoms with van der Waals surface area (Å²) in [6.07, 6.45) is 1.12. The zero-order valence-corrected chi connectivity index (χ0v) is 11.1. The number of esters is 1. The van der Waals surface area contributed by atoms with Crippen LogP contribution in [0.2, 0.25) is 0 Å². The molecule has 0 saturated heterocycles. The van der Waals surface area contributed by atoms with Gasteiger partial charge in [0.05, 0.1) is 12.3 Å². The van der Waals surface area contributed by atoms with Crippen LogP contribution in [-0.4, -0.2) is 28.3 Å². The Bertz CT molecular complexity index is 615. The van der Waals surface area contributed by atoms with Crippen molar-refractivity contribution in [3.8, 4) is 0 Å². The van der Waals surface area contributed by atoms with Gasteiger partial charge in [-0.2, -0.15) is 0 Å². The first kappa shape index (κ1) is 13.4. The Balaban J connectivity index is 2.22.